The van der Waals surface area contributed by atoms with E-state index in [2.05, 4.69) is 32.7 Å². The van der Waals surface area contributed by atoms with Crippen LogP contribution in [0.1, 0.15) is 12.5 Å². The molecule has 1 aromatic carbocycles. The van der Waals surface area contributed by atoms with E-state index in [1.807, 2.05) is 12.1 Å². The number of anilines is 1. The van der Waals surface area contributed by atoms with Crippen molar-refractivity contribution < 1.29 is 4.39 Å². The summed E-state index contributed by atoms with van der Waals surface area (Å²) in [5.41, 5.74) is 1.73. The number of hydrogen-bond acceptors (Lipinski definition) is 2. The number of rotatable bonds is 3. The minimum atomic E-state index is -0.105. The van der Waals surface area contributed by atoms with Gasteiger partial charge in [0.1, 0.15) is 5.82 Å². The third-order valence-corrected chi connectivity index (χ3v) is 3.97. The van der Waals surface area contributed by atoms with Crippen molar-refractivity contribution in [3.63, 3.8) is 0 Å². The number of alkyl halides is 1. The normalized spacial score (nSPS) is 17.5. The van der Waals surface area contributed by atoms with Crippen LogP contribution in [0, 0.1) is 5.82 Å². The first kappa shape index (κ1) is 12.8. The second-order valence-corrected chi connectivity index (χ2v) is 4.90. The molecule has 1 heterocycles. The van der Waals surface area contributed by atoms with Crippen LogP contribution in [-0.2, 0) is 5.33 Å². The van der Waals surface area contributed by atoms with Crippen molar-refractivity contribution in [2.45, 2.75) is 12.3 Å². The fourth-order valence-electron chi connectivity index (χ4n) is 2.19. The number of nitrogens with zero attached hydrogens (tertiary/aromatic N) is 2. The number of hydrogen-bond donors (Lipinski definition) is 0. The van der Waals surface area contributed by atoms with Crippen LogP contribution in [0.3, 0.4) is 0 Å². The van der Waals surface area contributed by atoms with E-state index >= 15 is 0 Å². The molecule has 0 bridgehead atoms. The summed E-state index contributed by atoms with van der Waals surface area (Å²) >= 11 is 3.34. The molecule has 94 valence electrons. The molecular formula is C13H18BrFN2. The van der Waals surface area contributed by atoms with E-state index in [-0.39, 0.29) is 5.82 Å². The van der Waals surface area contributed by atoms with Crippen LogP contribution in [0.5, 0.6) is 0 Å². The fourth-order valence-corrected chi connectivity index (χ4v) is 2.54. The highest BCUT2D eigenvalue weighted by Crippen LogP contribution is 2.22. The van der Waals surface area contributed by atoms with Gasteiger partial charge in [-0.1, -0.05) is 28.9 Å². The summed E-state index contributed by atoms with van der Waals surface area (Å²) in [6.45, 7) is 7.13. The molecule has 1 fully saturated rings. The lowest BCUT2D eigenvalue weighted by Gasteiger charge is -2.35. The Balaban J connectivity index is 2.08. The highest BCUT2D eigenvalue weighted by atomic mass is 79.9. The van der Waals surface area contributed by atoms with Crippen molar-refractivity contribution in [2.75, 3.05) is 37.6 Å². The third-order valence-electron chi connectivity index (χ3n) is 3.33. The van der Waals surface area contributed by atoms with Gasteiger partial charge in [0.25, 0.3) is 0 Å². The van der Waals surface area contributed by atoms with Crippen molar-refractivity contribution in [2.24, 2.45) is 0 Å². The summed E-state index contributed by atoms with van der Waals surface area (Å²) in [4.78, 5) is 4.53. The van der Waals surface area contributed by atoms with E-state index in [1.165, 1.54) is 0 Å². The Morgan fingerprint density at radius 3 is 2.47 bits per heavy atom. The summed E-state index contributed by atoms with van der Waals surface area (Å²) in [6, 6.07) is 5.50. The van der Waals surface area contributed by atoms with Gasteiger partial charge in [0.05, 0.1) is 5.69 Å². The van der Waals surface area contributed by atoms with Gasteiger partial charge < -0.3 is 9.80 Å². The van der Waals surface area contributed by atoms with Gasteiger partial charge in [-0.2, -0.15) is 0 Å². The van der Waals surface area contributed by atoms with Gasteiger partial charge in [-0.25, -0.2) is 4.39 Å². The van der Waals surface area contributed by atoms with Gasteiger partial charge in [-0.3, -0.25) is 0 Å². The first-order valence-corrected chi connectivity index (χ1v) is 7.18. The van der Waals surface area contributed by atoms with Crippen molar-refractivity contribution in [3.05, 3.63) is 29.6 Å². The zero-order valence-electron chi connectivity index (χ0n) is 10.1. The molecule has 1 aliphatic rings. The highest BCUT2D eigenvalue weighted by molar-refractivity contribution is 9.08. The SMILES string of the molecule is CCN1CCN(c2ccc(CBr)cc2F)CC1. The molecule has 2 rings (SSSR count). The summed E-state index contributed by atoms with van der Waals surface area (Å²) in [5.74, 6) is -0.105. The van der Waals surface area contributed by atoms with Crippen LogP contribution in [0.15, 0.2) is 18.2 Å². The Morgan fingerprint density at radius 2 is 1.94 bits per heavy atom. The predicted octanol–water partition coefficient (Wildman–Crippen LogP) is 2.86. The minimum Gasteiger partial charge on any atom is -0.367 e. The average molecular weight is 301 g/mol. The highest BCUT2D eigenvalue weighted by Gasteiger charge is 2.18. The zero-order valence-corrected chi connectivity index (χ0v) is 11.7. The second-order valence-electron chi connectivity index (χ2n) is 4.34. The Kier molecular flexibility index (Phi) is 4.40. The van der Waals surface area contributed by atoms with Crippen LogP contribution in [0.2, 0.25) is 0 Å². The lowest BCUT2D eigenvalue weighted by Crippen LogP contribution is -2.46. The molecule has 0 amide bonds. The molecule has 0 atom stereocenters. The maximum absolute atomic E-state index is 13.9. The van der Waals surface area contributed by atoms with Gasteiger partial charge in [-0.15, -0.1) is 0 Å². The van der Waals surface area contributed by atoms with Gasteiger partial charge in [0.2, 0.25) is 0 Å². The molecule has 0 aromatic heterocycles. The molecule has 1 aliphatic heterocycles. The predicted molar refractivity (Wildman–Crippen MR) is 73.4 cm³/mol. The van der Waals surface area contributed by atoms with Crippen molar-refractivity contribution in [1.29, 1.82) is 0 Å². The standard InChI is InChI=1S/C13H18BrFN2/c1-2-16-5-7-17(8-6-16)13-4-3-11(10-14)9-12(13)15/h3-4,9H,2,5-8,10H2,1H3. The molecule has 0 aliphatic carbocycles. The molecule has 0 N–H and O–H groups in total. The lowest BCUT2D eigenvalue weighted by molar-refractivity contribution is 0.270. The van der Waals surface area contributed by atoms with Gasteiger partial charge in [-0.05, 0) is 24.2 Å². The van der Waals surface area contributed by atoms with E-state index in [0.29, 0.717) is 5.33 Å². The fraction of sp³-hybridized carbons (Fsp3) is 0.538. The molecule has 4 heteroatoms. The first-order chi connectivity index (χ1) is 8.24. The zero-order chi connectivity index (χ0) is 12.3. The molecule has 1 saturated heterocycles. The summed E-state index contributed by atoms with van der Waals surface area (Å²) in [6.07, 6.45) is 0. The summed E-state index contributed by atoms with van der Waals surface area (Å²) in [5, 5.41) is 0.702. The molecule has 0 radical (unpaired) electrons. The Hall–Kier alpha value is -0.610. The monoisotopic (exact) mass is 300 g/mol. The average Bonchev–Trinajstić information content (AvgIpc) is 2.39. The largest absolute Gasteiger partial charge is 0.367 e. The van der Waals surface area contributed by atoms with Crippen molar-refractivity contribution >= 4 is 21.6 Å². The molecule has 0 spiro atoms. The van der Waals surface area contributed by atoms with Gasteiger partial charge >= 0.3 is 0 Å². The Bertz CT molecular complexity index is 376. The Labute approximate surface area is 111 Å². The second kappa shape index (κ2) is 5.83. The molecule has 0 saturated carbocycles. The molecule has 1 aromatic rings. The van der Waals surface area contributed by atoms with E-state index in [4.69, 9.17) is 0 Å². The number of benzene rings is 1. The number of piperazine rings is 1. The van der Waals surface area contributed by atoms with Gasteiger partial charge in [0.15, 0.2) is 0 Å². The summed E-state index contributed by atoms with van der Waals surface area (Å²) < 4.78 is 13.9. The summed E-state index contributed by atoms with van der Waals surface area (Å²) in [7, 11) is 0. The lowest BCUT2D eigenvalue weighted by atomic mass is 10.2. The maximum atomic E-state index is 13.9. The van der Waals surface area contributed by atoms with E-state index in [0.717, 1.165) is 44.0 Å². The van der Waals surface area contributed by atoms with E-state index < -0.39 is 0 Å². The van der Waals surface area contributed by atoms with Crippen molar-refractivity contribution in [1.82, 2.24) is 4.90 Å². The maximum Gasteiger partial charge on any atom is 0.146 e. The molecule has 2 nitrogen and oxygen atoms in total. The smallest absolute Gasteiger partial charge is 0.146 e. The number of likely N-dealkylation sites (N-methyl/N-ethyl adjacent to an activating group) is 1. The quantitative estimate of drug-likeness (QED) is 0.792. The number of halogens is 2. The van der Waals surface area contributed by atoms with E-state index in [1.54, 1.807) is 6.07 Å². The van der Waals surface area contributed by atoms with Crippen LogP contribution in [-0.4, -0.2) is 37.6 Å². The van der Waals surface area contributed by atoms with E-state index in [9.17, 15) is 4.39 Å². The minimum absolute atomic E-state index is 0.105. The van der Waals surface area contributed by atoms with Crippen LogP contribution >= 0.6 is 15.9 Å². The molecular weight excluding hydrogens is 283 g/mol. The Morgan fingerprint density at radius 1 is 1.24 bits per heavy atom. The van der Waals surface area contributed by atoms with Crippen LogP contribution < -0.4 is 4.90 Å². The molecule has 0 unspecified atom stereocenters. The topological polar surface area (TPSA) is 6.48 Å². The van der Waals surface area contributed by atoms with Crippen LogP contribution in [0.4, 0.5) is 10.1 Å². The van der Waals surface area contributed by atoms with Crippen molar-refractivity contribution in [3.8, 4) is 0 Å². The third kappa shape index (κ3) is 2.99. The van der Waals surface area contributed by atoms with Crippen LogP contribution in [0.25, 0.3) is 0 Å². The molecule has 17 heavy (non-hydrogen) atoms. The first-order valence-electron chi connectivity index (χ1n) is 6.06. The van der Waals surface area contributed by atoms with Gasteiger partial charge in [0, 0.05) is 31.5 Å².